The van der Waals surface area contributed by atoms with Gasteiger partial charge in [-0.3, -0.25) is 0 Å². The van der Waals surface area contributed by atoms with Gasteiger partial charge in [0.05, 0.1) is 6.61 Å². The fourth-order valence-electron chi connectivity index (χ4n) is 5.91. The molecule has 0 radical (unpaired) electrons. The Labute approximate surface area is 291 Å². The van der Waals surface area contributed by atoms with Gasteiger partial charge in [-0.25, -0.2) is 0 Å². The van der Waals surface area contributed by atoms with Crippen molar-refractivity contribution in [3.8, 4) is 28.7 Å². The van der Waals surface area contributed by atoms with Crippen LogP contribution in [0.2, 0.25) is 0 Å². The zero-order chi connectivity index (χ0) is 34.2. The Morgan fingerprint density at radius 2 is 1.06 bits per heavy atom. The van der Waals surface area contributed by atoms with Gasteiger partial charge in [0.25, 0.3) is 5.79 Å². The Hall–Kier alpha value is -5.76. The molecule has 0 aromatic heterocycles. The number of aromatic hydroxyl groups is 1. The van der Waals surface area contributed by atoms with Crippen LogP contribution in [0.3, 0.4) is 0 Å². The summed E-state index contributed by atoms with van der Waals surface area (Å²) in [5.74, 6) is -0.306. The Kier molecular flexibility index (Phi) is 9.96. The van der Waals surface area contributed by atoms with E-state index in [-0.39, 0.29) is 31.1 Å². The fraction of sp³-hybridized carbons (Fsp3) is 0.163. The number of fused-ring (bicyclic) bond motifs is 1. The Morgan fingerprint density at radius 1 is 0.560 bits per heavy atom. The van der Waals surface area contributed by atoms with Crippen molar-refractivity contribution < 1.29 is 33.9 Å². The molecule has 0 saturated carbocycles. The minimum absolute atomic E-state index is 0.0561. The molecule has 0 amide bonds. The molecule has 6 aromatic rings. The largest absolute Gasteiger partial charge is 0.504 e. The van der Waals surface area contributed by atoms with E-state index in [0.29, 0.717) is 36.0 Å². The molecule has 2 atom stereocenters. The molecule has 50 heavy (non-hydrogen) atoms. The molecule has 7 heteroatoms. The van der Waals surface area contributed by atoms with Crippen LogP contribution in [-0.4, -0.2) is 16.3 Å². The van der Waals surface area contributed by atoms with Crippen LogP contribution in [0.1, 0.15) is 33.4 Å². The summed E-state index contributed by atoms with van der Waals surface area (Å²) in [6, 6.07) is 47.6. The second-order valence-electron chi connectivity index (χ2n) is 12.2. The minimum atomic E-state index is -1.96. The van der Waals surface area contributed by atoms with Crippen LogP contribution < -0.4 is 18.9 Å². The van der Waals surface area contributed by atoms with Crippen LogP contribution in [0.5, 0.6) is 28.7 Å². The molecule has 0 spiro atoms. The van der Waals surface area contributed by atoms with E-state index in [1.165, 1.54) is 6.07 Å². The summed E-state index contributed by atoms with van der Waals surface area (Å²) in [5, 5.41) is 23.3. The molecule has 1 aliphatic rings. The Morgan fingerprint density at radius 3 is 1.62 bits per heavy atom. The average molecular weight is 667 g/mol. The van der Waals surface area contributed by atoms with E-state index < -0.39 is 11.9 Å². The topological polar surface area (TPSA) is 86.6 Å². The maximum absolute atomic E-state index is 12.6. The Bertz CT molecular complexity index is 1990. The van der Waals surface area contributed by atoms with Gasteiger partial charge in [0, 0.05) is 29.7 Å². The maximum atomic E-state index is 12.6. The second-order valence-corrected chi connectivity index (χ2v) is 12.2. The molecule has 252 valence electrons. The SMILES string of the molecule is Oc1ccc(C2(O)Oc3cc(OCc4ccccc4)cc(OCc4ccccc4)c3CC2OCc2ccccc2)cc1OCc1ccccc1. The third-order valence-electron chi connectivity index (χ3n) is 8.62. The quantitative estimate of drug-likeness (QED) is 0.128. The number of ether oxygens (including phenoxy) is 5. The lowest BCUT2D eigenvalue weighted by molar-refractivity contribution is -0.240. The monoisotopic (exact) mass is 666 g/mol. The van der Waals surface area contributed by atoms with Crippen molar-refractivity contribution >= 4 is 0 Å². The molecule has 0 fully saturated rings. The van der Waals surface area contributed by atoms with E-state index in [2.05, 4.69) is 0 Å². The number of phenols is 1. The summed E-state index contributed by atoms with van der Waals surface area (Å²) in [6.45, 7) is 1.14. The number of hydrogen-bond acceptors (Lipinski definition) is 7. The zero-order valence-corrected chi connectivity index (χ0v) is 27.5. The van der Waals surface area contributed by atoms with Crippen molar-refractivity contribution in [3.05, 3.63) is 185 Å². The van der Waals surface area contributed by atoms with Gasteiger partial charge in [0.15, 0.2) is 11.5 Å². The summed E-state index contributed by atoms with van der Waals surface area (Å²) in [5.41, 5.74) is 5.02. The predicted molar refractivity (Wildman–Crippen MR) is 190 cm³/mol. The van der Waals surface area contributed by atoms with Gasteiger partial charge in [-0.15, -0.1) is 0 Å². The molecule has 0 saturated heterocycles. The van der Waals surface area contributed by atoms with E-state index in [0.717, 1.165) is 27.8 Å². The van der Waals surface area contributed by atoms with Gasteiger partial charge in [-0.1, -0.05) is 121 Å². The average Bonchev–Trinajstić information content (AvgIpc) is 3.16. The Balaban J connectivity index is 1.24. The fourth-order valence-corrected chi connectivity index (χ4v) is 5.91. The van der Waals surface area contributed by atoms with Crippen LogP contribution in [0, 0.1) is 0 Å². The molecule has 1 heterocycles. The van der Waals surface area contributed by atoms with Crippen molar-refractivity contribution in [2.75, 3.05) is 0 Å². The van der Waals surface area contributed by atoms with Crippen LogP contribution in [0.15, 0.2) is 152 Å². The van der Waals surface area contributed by atoms with Gasteiger partial charge in [0.2, 0.25) is 0 Å². The van der Waals surface area contributed by atoms with E-state index in [1.54, 1.807) is 18.2 Å². The highest BCUT2D eigenvalue weighted by atomic mass is 16.7. The van der Waals surface area contributed by atoms with Crippen molar-refractivity contribution in [1.29, 1.82) is 0 Å². The number of rotatable bonds is 13. The van der Waals surface area contributed by atoms with E-state index in [1.807, 2.05) is 127 Å². The predicted octanol–water partition coefficient (Wildman–Crippen LogP) is 8.49. The normalized spacial score (nSPS) is 16.5. The molecule has 7 nitrogen and oxygen atoms in total. The highest BCUT2D eigenvalue weighted by molar-refractivity contribution is 5.54. The molecular formula is C43H38O7. The number of aliphatic hydroxyl groups is 1. The lowest BCUT2D eigenvalue weighted by Gasteiger charge is -2.41. The lowest BCUT2D eigenvalue weighted by Crippen LogP contribution is -2.50. The summed E-state index contributed by atoms with van der Waals surface area (Å²) in [4.78, 5) is 0. The second kappa shape index (κ2) is 15.2. The molecule has 2 unspecified atom stereocenters. The van der Waals surface area contributed by atoms with E-state index in [9.17, 15) is 10.2 Å². The number of benzene rings is 6. The molecule has 2 N–H and O–H groups in total. The van der Waals surface area contributed by atoms with Gasteiger partial charge in [0.1, 0.15) is 43.2 Å². The third-order valence-corrected chi connectivity index (χ3v) is 8.62. The molecule has 7 rings (SSSR count). The zero-order valence-electron chi connectivity index (χ0n) is 27.5. The first-order valence-electron chi connectivity index (χ1n) is 16.6. The molecule has 0 aliphatic carbocycles. The lowest BCUT2D eigenvalue weighted by atomic mass is 9.90. The summed E-state index contributed by atoms with van der Waals surface area (Å²) < 4.78 is 31.8. The van der Waals surface area contributed by atoms with Gasteiger partial charge < -0.3 is 33.9 Å². The minimum Gasteiger partial charge on any atom is -0.504 e. The first kappa shape index (κ1) is 32.8. The smallest absolute Gasteiger partial charge is 0.261 e. The van der Waals surface area contributed by atoms with Gasteiger partial charge in [-0.2, -0.15) is 0 Å². The standard InChI is InChI=1S/C43H38O7/c44-38-22-21-35(23-41(38)48-29-33-17-9-3-10-18-33)43(45)42(49-30-34-19-11-4-12-20-34)26-37-39(47-28-32-15-7-2-8-16-32)24-36(25-40(37)50-43)46-27-31-13-5-1-6-14-31/h1-25,42,44-45H,26-30H2. The maximum Gasteiger partial charge on any atom is 0.261 e. The third kappa shape index (κ3) is 7.76. The van der Waals surface area contributed by atoms with Crippen molar-refractivity contribution in [2.45, 2.75) is 44.7 Å². The van der Waals surface area contributed by atoms with Crippen molar-refractivity contribution in [1.82, 2.24) is 0 Å². The molecular weight excluding hydrogens is 628 g/mol. The summed E-state index contributed by atoms with van der Waals surface area (Å²) in [7, 11) is 0. The number of hydrogen-bond donors (Lipinski definition) is 2. The van der Waals surface area contributed by atoms with Crippen LogP contribution in [0.25, 0.3) is 0 Å². The van der Waals surface area contributed by atoms with Crippen molar-refractivity contribution in [2.24, 2.45) is 0 Å². The number of phenolic OH excluding ortho intramolecular Hbond substituents is 1. The molecule has 1 aliphatic heterocycles. The summed E-state index contributed by atoms with van der Waals surface area (Å²) >= 11 is 0. The van der Waals surface area contributed by atoms with E-state index >= 15 is 0 Å². The van der Waals surface area contributed by atoms with Crippen LogP contribution in [-0.2, 0) is 43.4 Å². The van der Waals surface area contributed by atoms with Gasteiger partial charge in [-0.05, 0) is 40.5 Å². The molecule has 6 aromatic carbocycles. The summed E-state index contributed by atoms with van der Waals surface area (Å²) in [6.07, 6.45) is -0.597. The highest BCUT2D eigenvalue weighted by Crippen LogP contribution is 2.47. The van der Waals surface area contributed by atoms with Crippen molar-refractivity contribution in [3.63, 3.8) is 0 Å². The van der Waals surface area contributed by atoms with Crippen LogP contribution >= 0.6 is 0 Å². The van der Waals surface area contributed by atoms with Crippen LogP contribution in [0.4, 0.5) is 0 Å². The van der Waals surface area contributed by atoms with E-state index in [4.69, 9.17) is 23.7 Å². The highest BCUT2D eigenvalue weighted by Gasteiger charge is 2.47. The first-order chi connectivity index (χ1) is 24.5. The first-order valence-corrected chi connectivity index (χ1v) is 16.6. The molecule has 0 bridgehead atoms. The van der Waals surface area contributed by atoms with Gasteiger partial charge >= 0.3 is 0 Å².